The van der Waals surface area contributed by atoms with E-state index in [0.29, 0.717) is 19.4 Å². The lowest BCUT2D eigenvalue weighted by Gasteiger charge is -2.31. The van der Waals surface area contributed by atoms with Crippen LogP contribution in [0.2, 0.25) is 0 Å². The number of hydrogen-bond donors (Lipinski definition) is 1. The minimum Gasteiger partial charge on any atom is -0.325 e. The smallest absolute Gasteiger partial charge is 0.243 e. The van der Waals surface area contributed by atoms with Crippen LogP contribution in [0, 0.1) is 18.7 Å². The zero-order chi connectivity index (χ0) is 20.3. The van der Waals surface area contributed by atoms with Gasteiger partial charge < -0.3 is 5.32 Å². The summed E-state index contributed by atoms with van der Waals surface area (Å²) in [7, 11) is -3.75. The summed E-state index contributed by atoms with van der Waals surface area (Å²) in [6.45, 7) is 4.45. The van der Waals surface area contributed by atoms with Crippen molar-refractivity contribution in [2.24, 2.45) is 5.92 Å². The van der Waals surface area contributed by atoms with Crippen LogP contribution in [0.1, 0.15) is 30.9 Å². The number of benzene rings is 2. The summed E-state index contributed by atoms with van der Waals surface area (Å²) in [6, 6.07) is 10.7. The highest BCUT2D eigenvalue weighted by Gasteiger charge is 2.33. The fourth-order valence-electron chi connectivity index (χ4n) is 3.56. The molecule has 1 saturated heterocycles. The van der Waals surface area contributed by atoms with Gasteiger partial charge in [-0.3, -0.25) is 4.79 Å². The largest absolute Gasteiger partial charge is 0.325 e. The molecule has 1 atom stereocenters. The monoisotopic (exact) mass is 404 g/mol. The van der Waals surface area contributed by atoms with Crippen molar-refractivity contribution in [3.05, 3.63) is 59.4 Å². The number of carbonyl (C=O) groups is 1. The highest BCUT2D eigenvalue weighted by atomic mass is 32.2. The standard InChI is InChI=1S/C21H25FN2O3S/c1-3-16-7-4-6-15(2)20(16)23-21(25)17-8-5-13-24(14-17)28(26,27)19-11-9-18(22)10-12-19/h4,6-7,9-12,17H,3,5,8,13-14H2,1-2H3,(H,23,25)/t17-/m1/s1. The molecule has 28 heavy (non-hydrogen) atoms. The van der Waals surface area contributed by atoms with E-state index in [2.05, 4.69) is 5.32 Å². The summed E-state index contributed by atoms with van der Waals surface area (Å²) < 4.78 is 40.2. The third kappa shape index (κ3) is 4.25. The molecule has 2 aromatic carbocycles. The van der Waals surface area contributed by atoms with Gasteiger partial charge in [-0.2, -0.15) is 4.31 Å². The normalized spacial score (nSPS) is 18.0. The molecule has 1 heterocycles. The van der Waals surface area contributed by atoms with Gasteiger partial charge in [-0.05, 0) is 61.6 Å². The molecule has 0 saturated carbocycles. The Bertz CT molecular complexity index is 958. The minimum absolute atomic E-state index is 0.0436. The van der Waals surface area contributed by atoms with Gasteiger partial charge in [0.05, 0.1) is 10.8 Å². The molecule has 0 aliphatic carbocycles. The van der Waals surface area contributed by atoms with Crippen molar-refractivity contribution in [1.29, 1.82) is 0 Å². The molecule has 7 heteroatoms. The third-order valence-corrected chi connectivity index (χ3v) is 7.07. The predicted molar refractivity (Wildman–Crippen MR) is 107 cm³/mol. The molecule has 1 aliphatic rings. The quantitative estimate of drug-likeness (QED) is 0.826. The van der Waals surface area contributed by atoms with Gasteiger partial charge in [-0.1, -0.05) is 25.1 Å². The number of para-hydroxylation sites is 1. The zero-order valence-corrected chi connectivity index (χ0v) is 16.9. The summed E-state index contributed by atoms with van der Waals surface area (Å²) in [5.41, 5.74) is 2.85. The molecule has 1 amide bonds. The van der Waals surface area contributed by atoms with Crippen molar-refractivity contribution in [1.82, 2.24) is 4.31 Å². The molecule has 2 aromatic rings. The van der Waals surface area contributed by atoms with E-state index in [1.807, 2.05) is 32.0 Å². The van der Waals surface area contributed by atoms with Gasteiger partial charge in [0.2, 0.25) is 15.9 Å². The van der Waals surface area contributed by atoms with Gasteiger partial charge in [0.1, 0.15) is 5.82 Å². The first-order chi connectivity index (χ1) is 13.3. The first-order valence-corrected chi connectivity index (χ1v) is 10.9. The van der Waals surface area contributed by atoms with Crippen molar-refractivity contribution in [2.45, 2.75) is 38.0 Å². The van der Waals surface area contributed by atoms with Gasteiger partial charge in [-0.25, -0.2) is 12.8 Å². The molecule has 1 aliphatic heterocycles. The lowest BCUT2D eigenvalue weighted by atomic mass is 9.98. The number of piperidine rings is 1. The van der Waals surface area contributed by atoms with E-state index in [1.54, 1.807) is 0 Å². The fourth-order valence-corrected chi connectivity index (χ4v) is 5.08. The van der Waals surface area contributed by atoms with Crippen LogP contribution < -0.4 is 5.32 Å². The Morgan fingerprint density at radius 2 is 1.93 bits per heavy atom. The van der Waals surface area contributed by atoms with Gasteiger partial charge >= 0.3 is 0 Å². The topological polar surface area (TPSA) is 66.5 Å². The number of hydrogen-bond acceptors (Lipinski definition) is 3. The summed E-state index contributed by atoms with van der Waals surface area (Å²) in [5, 5.41) is 3.01. The van der Waals surface area contributed by atoms with Crippen LogP contribution in [-0.4, -0.2) is 31.7 Å². The van der Waals surface area contributed by atoms with Crippen LogP contribution in [0.25, 0.3) is 0 Å². The summed E-state index contributed by atoms with van der Waals surface area (Å²) in [6.07, 6.45) is 2.04. The van der Waals surface area contributed by atoms with E-state index in [1.165, 1.54) is 16.4 Å². The number of nitrogens with zero attached hydrogens (tertiary/aromatic N) is 1. The zero-order valence-electron chi connectivity index (χ0n) is 16.1. The van der Waals surface area contributed by atoms with Crippen LogP contribution in [0.3, 0.4) is 0 Å². The molecule has 0 unspecified atom stereocenters. The van der Waals surface area contributed by atoms with Crippen molar-refractivity contribution in [2.75, 3.05) is 18.4 Å². The number of halogens is 1. The van der Waals surface area contributed by atoms with Crippen molar-refractivity contribution >= 4 is 21.6 Å². The first kappa shape index (κ1) is 20.5. The Morgan fingerprint density at radius 3 is 2.61 bits per heavy atom. The van der Waals surface area contributed by atoms with Crippen LogP contribution >= 0.6 is 0 Å². The molecule has 0 aromatic heterocycles. The molecule has 0 spiro atoms. The number of sulfonamides is 1. The van der Waals surface area contributed by atoms with E-state index in [-0.39, 0.29) is 17.3 Å². The van der Waals surface area contributed by atoms with Crippen LogP contribution in [0.15, 0.2) is 47.4 Å². The van der Waals surface area contributed by atoms with E-state index in [0.717, 1.165) is 35.4 Å². The maximum absolute atomic E-state index is 13.1. The van der Waals surface area contributed by atoms with Gasteiger partial charge in [0, 0.05) is 18.8 Å². The van der Waals surface area contributed by atoms with Crippen molar-refractivity contribution in [3.8, 4) is 0 Å². The molecule has 150 valence electrons. The summed E-state index contributed by atoms with van der Waals surface area (Å²) >= 11 is 0. The van der Waals surface area contributed by atoms with E-state index in [4.69, 9.17) is 0 Å². The SMILES string of the molecule is CCc1cccc(C)c1NC(=O)[C@@H]1CCCN(S(=O)(=O)c2ccc(F)cc2)C1. The number of amides is 1. The van der Waals surface area contributed by atoms with E-state index < -0.39 is 21.8 Å². The maximum Gasteiger partial charge on any atom is 0.243 e. The van der Waals surface area contributed by atoms with Crippen LogP contribution in [0.4, 0.5) is 10.1 Å². The Kier molecular flexibility index (Phi) is 6.15. The number of nitrogens with one attached hydrogen (secondary N) is 1. The first-order valence-electron chi connectivity index (χ1n) is 9.48. The predicted octanol–water partition coefficient (Wildman–Crippen LogP) is 3.74. The van der Waals surface area contributed by atoms with Crippen LogP contribution in [0.5, 0.6) is 0 Å². The fraction of sp³-hybridized carbons (Fsp3) is 0.381. The molecule has 1 N–H and O–H groups in total. The second kappa shape index (κ2) is 8.41. The highest BCUT2D eigenvalue weighted by molar-refractivity contribution is 7.89. The van der Waals surface area contributed by atoms with Gasteiger partial charge in [0.25, 0.3) is 0 Å². The lowest BCUT2D eigenvalue weighted by Crippen LogP contribution is -2.43. The number of aryl methyl sites for hydroxylation is 2. The summed E-state index contributed by atoms with van der Waals surface area (Å²) in [4.78, 5) is 12.9. The Balaban J connectivity index is 1.76. The average molecular weight is 405 g/mol. The molecular formula is C21H25FN2O3S. The molecule has 3 rings (SSSR count). The molecule has 0 radical (unpaired) electrons. The molecular weight excluding hydrogens is 379 g/mol. The Hall–Kier alpha value is -2.25. The Labute approximate surface area is 165 Å². The lowest BCUT2D eigenvalue weighted by molar-refractivity contribution is -0.120. The number of rotatable bonds is 5. The number of anilines is 1. The summed E-state index contributed by atoms with van der Waals surface area (Å²) in [5.74, 6) is -1.07. The Morgan fingerprint density at radius 1 is 1.21 bits per heavy atom. The van der Waals surface area contributed by atoms with Gasteiger partial charge in [0.15, 0.2) is 0 Å². The second-order valence-corrected chi connectivity index (χ2v) is 9.05. The van der Waals surface area contributed by atoms with E-state index in [9.17, 15) is 17.6 Å². The van der Waals surface area contributed by atoms with Crippen molar-refractivity contribution in [3.63, 3.8) is 0 Å². The van der Waals surface area contributed by atoms with E-state index >= 15 is 0 Å². The maximum atomic E-state index is 13.1. The molecule has 0 bridgehead atoms. The molecule has 1 fully saturated rings. The van der Waals surface area contributed by atoms with Gasteiger partial charge in [-0.15, -0.1) is 0 Å². The highest BCUT2D eigenvalue weighted by Crippen LogP contribution is 2.27. The second-order valence-electron chi connectivity index (χ2n) is 7.11. The number of carbonyl (C=O) groups excluding carboxylic acids is 1. The minimum atomic E-state index is -3.75. The third-order valence-electron chi connectivity index (χ3n) is 5.19. The van der Waals surface area contributed by atoms with Crippen LogP contribution in [-0.2, 0) is 21.2 Å². The van der Waals surface area contributed by atoms with Crippen molar-refractivity contribution < 1.29 is 17.6 Å². The average Bonchev–Trinajstić information content (AvgIpc) is 2.70. The molecule has 5 nitrogen and oxygen atoms in total.